The van der Waals surface area contributed by atoms with Crippen LogP contribution in [0.2, 0.25) is 0 Å². The number of nitrogens with two attached hydrogens (primary N) is 2. The predicted octanol–water partition coefficient (Wildman–Crippen LogP) is -2.41. The first kappa shape index (κ1) is 19.8. The molecule has 1 aliphatic heterocycles. The van der Waals surface area contributed by atoms with Crippen molar-refractivity contribution in [3.63, 3.8) is 0 Å². The maximum atomic E-state index is 10.8. The lowest BCUT2D eigenvalue weighted by atomic mass is 10.1. The number of primary amides is 1. The number of fused-ring (bicyclic) bond motifs is 1. The second kappa shape index (κ2) is 7.95. The minimum absolute atomic E-state index is 0.220. The van der Waals surface area contributed by atoms with Gasteiger partial charge in [0.05, 0.1) is 12.9 Å². The second-order valence-electron chi connectivity index (χ2n) is 5.69. The summed E-state index contributed by atoms with van der Waals surface area (Å²) in [5.74, 6) is -0.743. The number of carbonyl (C=O) groups is 1. The molecule has 0 bridgehead atoms. The molecule has 0 aromatic carbocycles. The molecule has 3 aromatic heterocycles. The summed E-state index contributed by atoms with van der Waals surface area (Å²) in [5.41, 5.74) is 11.6. The lowest BCUT2D eigenvalue weighted by Crippen LogP contribution is -2.33. The van der Waals surface area contributed by atoms with Gasteiger partial charge in [0.15, 0.2) is 11.9 Å². The molecule has 4 heterocycles. The smallest absolute Gasteiger partial charge is 0.288 e. The molecule has 1 saturated heterocycles. The van der Waals surface area contributed by atoms with E-state index < -0.39 is 37.1 Å². The molecule has 0 radical (unpaired) electrons. The average molecular weight is 411 g/mol. The van der Waals surface area contributed by atoms with Gasteiger partial charge in [-0.25, -0.2) is 14.6 Å². The predicted molar refractivity (Wildman–Crippen MR) is 95.0 cm³/mol. The number of anilines is 1. The largest absolute Gasteiger partial charge is 0.394 e. The summed E-state index contributed by atoms with van der Waals surface area (Å²) < 4.78 is 6.78. The van der Waals surface area contributed by atoms with Crippen LogP contribution < -0.4 is 11.5 Å². The van der Waals surface area contributed by atoms with E-state index in [1.165, 1.54) is 6.33 Å². The molecular formula is C13H17N9O5S. The Morgan fingerprint density at radius 2 is 2.11 bits per heavy atom. The molecule has 14 nitrogen and oxygen atoms in total. The van der Waals surface area contributed by atoms with Crippen LogP contribution in [0, 0.1) is 4.64 Å². The van der Waals surface area contributed by atoms with Crippen LogP contribution in [0.1, 0.15) is 16.8 Å². The van der Waals surface area contributed by atoms with Crippen LogP contribution in [0.3, 0.4) is 0 Å². The summed E-state index contributed by atoms with van der Waals surface area (Å²) in [7, 11) is 0. The van der Waals surface area contributed by atoms with Crippen LogP contribution in [-0.2, 0) is 4.74 Å². The summed E-state index contributed by atoms with van der Waals surface area (Å²) in [6, 6.07) is 0. The molecule has 4 rings (SSSR count). The molecule has 4 atom stereocenters. The minimum atomic E-state index is -1.27. The zero-order valence-electron chi connectivity index (χ0n) is 14.1. The third kappa shape index (κ3) is 3.82. The van der Waals surface area contributed by atoms with Crippen molar-refractivity contribution in [1.82, 2.24) is 34.7 Å². The monoisotopic (exact) mass is 411 g/mol. The first-order valence-electron chi connectivity index (χ1n) is 7.84. The van der Waals surface area contributed by atoms with Crippen molar-refractivity contribution < 1.29 is 24.9 Å². The Kier molecular flexibility index (Phi) is 5.61. The molecule has 9 N–H and O–H groups in total. The van der Waals surface area contributed by atoms with E-state index in [9.17, 15) is 15.0 Å². The Hall–Kier alpha value is -2.98. The number of nitrogen functional groups attached to an aromatic ring is 1. The first-order chi connectivity index (χ1) is 13.3. The van der Waals surface area contributed by atoms with Gasteiger partial charge in [-0.1, -0.05) is 12.2 Å². The number of rotatable bonds is 3. The van der Waals surface area contributed by atoms with Crippen molar-refractivity contribution in [2.75, 3.05) is 12.3 Å². The zero-order chi connectivity index (χ0) is 20.4. The lowest BCUT2D eigenvalue weighted by Gasteiger charge is -2.13. The van der Waals surface area contributed by atoms with Gasteiger partial charge in [-0.3, -0.25) is 4.79 Å². The Morgan fingerprint density at radius 3 is 2.71 bits per heavy atom. The van der Waals surface area contributed by atoms with E-state index in [-0.39, 0.29) is 11.8 Å². The molecule has 3 aromatic rings. The van der Waals surface area contributed by atoms with Crippen molar-refractivity contribution in [3.8, 4) is 0 Å². The Morgan fingerprint density at radius 1 is 1.36 bits per heavy atom. The lowest BCUT2D eigenvalue weighted by molar-refractivity contribution is -0.0588. The molecule has 1 aliphatic rings. The van der Waals surface area contributed by atoms with Crippen LogP contribution in [0.5, 0.6) is 0 Å². The third-order valence-corrected chi connectivity index (χ3v) is 4.13. The molecule has 0 spiro atoms. The summed E-state index contributed by atoms with van der Waals surface area (Å²) in [5, 5.41) is 31.8. The molecule has 15 heteroatoms. The quantitative estimate of drug-likeness (QED) is 0.224. The van der Waals surface area contributed by atoms with Crippen LogP contribution >= 0.6 is 12.2 Å². The van der Waals surface area contributed by atoms with E-state index in [2.05, 4.69) is 30.0 Å². The highest BCUT2D eigenvalue weighted by Gasteiger charge is 2.44. The molecule has 1 fully saturated rings. The van der Waals surface area contributed by atoms with Crippen LogP contribution in [0.15, 0.2) is 12.7 Å². The number of aliphatic hydroxyl groups excluding tert-OH is 3. The Balaban J connectivity index is 0.000000176. The number of aliphatic hydroxyl groups is 3. The van der Waals surface area contributed by atoms with Gasteiger partial charge in [0.2, 0.25) is 11.8 Å². The van der Waals surface area contributed by atoms with Crippen molar-refractivity contribution in [1.29, 1.82) is 0 Å². The normalized spacial score (nSPS) is 24.1. The number of amides is 1. The number of aromatic nitrogens is 7. The van der Waals surface area contributed by atoms with E-state index in [4.69, 9.17) is 33.5 Å². The van der Waals surface area contributed by atoms with Crippen molar-refractivity contribution in [2.45, 2.75) is 24.5 Å². The van der Waals surface area contributed by atoms with Gasteiger partial charge >= 0.3 is 0 Å². The molecule has 1 amide bonds. The van der Waals surface area contributed by atoms with E-state index >= 15 is 0 Å². The zero-order valence-corrected chi connectivity index (χ0v) is 14.9. The fraction of sp³-hybridized carbons (Fsp3) is 0.385. The van der Waals surface area contributed by atoms with Gasteiger partial charge in [0, 0.05) is 0 Å². The third-order valence-electron chi connectivity index (χ3n) is 3.82. The van der Waals surface area contributed by atoms with Gasteiger partial charge in [-0.2, -0.15) is 4.98 Å². The van der Waals surface area contributed by atoms with Crippen molar-refractivity contribution in [2.24, 2.45) is 5.73 Å². The number of hydrogen-bond donors (Lipinski definition) is 7. The van der Waals surface area contributed by atoms with Gasteiger partial charge < -0.3 is 41.5 Å². The number of H-pyrrole nitrogens is 2. The minimum Gasteiger partial charge on any atom is -0.394 e. The Labute approximate surface area is 161 Å². The molecule has 0 saturated carbocycles. The van der Waals surface area contributed by atoms with E-state index in [1.54, 1.807) is 0 Å². The van der Waals surface area contributed by atoms with E-state index in [0.717, 1.165) is 11.0 Å². The number of aromatic amines is 2. The van der Waals surface area contributed by atoms with Gasteiger partial charge in [-0.15, -0.1) is 5.10 Å². The number of nitrogens with zero attached hydrogens (tertiary/aromatic N) is 5. The van der Waals surface area contributed by atoms with Crippen LogP contribution in [0.25, 0.3) is 11.2 Å². The molecule has 0 unspecified atom stereocenters. The number of ether oxygens (including phenoxy) is 1. The topological polar surface area (TPSA) is 227 Å². The summed E-state index contributed by atoms with van der Waals surface area (Å²) in [4.78, 5) is 27.8. The highest BCUT2D eigenvalue weighted by Crippen LogP contribution is 2.28. The van der Waals surface area contributed by atoms with E-state index in [0.29, 0.717) is 15.8 Å². The maximum Gasteiger partial charge on any atom is 0.288 e. The summed E-state index contributed by atoms with van der Waals surface area (Å²) >= 11 is 4.95. The fourth-order valence-electron chi connectivity index (χ4n) is 2.47. The summed E-state index contributed by atoms with van der Waals surface area (Å²) in [6.07, 6.45) is -1.74. The second-order valence-corrected chi connectivity index (χ2v) is 6.10. The fourth-order valence-corrected chi connectivity index (χ4v) is 2.72. The average Bonchev–Trinajstić information content (AvgIpc) is 3.36. The number of carbonyl (C=O) groups excluding carboxylic acids is 1. The molecule has 28 heavy (non-hydrogen) atoms. The molecular weight excluding hydrogens is 394 g/mol. The van der Waals surface area contributed by atoms with Gasteiger partial charge in [0.25, 0.3) is 5.91 Å². The molecule has 0 aliphatic carbocycles. The highest BCUT2D eigenvalue weighted by atomic mass is 32.1. The van der Waals surface area contributed by atoms with Crippen LogP contribution in [-0.4, -0.2) is 80.8 Å². The van der Waals surface area contributed by atoms with Crippen LogP contribution in [0.4, 0.5) is 5.95 Å². The Bertz CT molecular complexity index is 1030. The standard InChI is InChI=1S/C8H12N4O5.C5H5N5S/c9-6(16)7-10-2-12(11-7)8-5(15)4(14)3(1-13)17-8;6-5-9-3-2(4(11)10-5)7-1-8-3/h2-5,8,13-15H,1H2,(H2,9,16);1H,(H4,6,7,8,9,10,11)/t3-,4-,5-,8-;/m1./s1. The molecule has 150 valence electrons. The van der Waals surface area contributed by atoms with Gasteiger partial charge in [-0.05, 0) is 0 Å². The summed E-state index contributed by atoms with van der Waals surface area (Å²) in [6.45, 7) is -0.438. The maximum absolute atomic E-state index is 10.8. The highest BCUT2D eigenvalue weighted by molar-refractivity contribution is 7.71. The number of imidazole rings is 1. The van der Waals surface area contributed by atoms with Crippen molar-refractivity contribution >= 4 is 35.2 Å². The SMILES string of the molecule is NC(=O)c1ncn([C@@H]2O[C@H](CO)[C@@H](O)[C@H]2O)n1.Nc1nc2nc[nH]c2c(=S)[nH]1. The van der Waals surface area contributed by atoms with E-state index in [1.807, 2.05) is 0 Å². The number of hydrogen-bond acceptors (Lipinski definition) is 11. The van der Waals surface area contributed by atoms with Gasteiger partial charge in [0.1, 0.15) is 34.8 Å². The van der Waals surface area contributed by atoms with Crippen molar-refractivity contribution in [3.05, 3.63) is 23.1 Å². The number of nitrogens with one attached hydrogen (secondary N) is 2. The first-order valence-corrected chi connectivity index (χ1v) is 8.25.